The number of amides is 2. The van der Waals surface area contributed by atoms with Gasteiger partial charge in [-0.3, -0.25) is 14.5 Å². The van der Waals surface area contributed by atoms with Gasteiger partial charge in [0.1, 0.15) is 35.7 Å². The van der Waals surface area contributed by atoms with E-state index in [4.69, 9.17) is 10.6 Å². The van der Waals surface area contributed by atoms with Crippen LogP contribution in [0.3, 0.4) is 0 Å². The molecule has 14 heteroatoms. The number of thiazole rings is 1. The second-order valence-electron chi connectivity index (χ2n) is 8.21. The number of hydrogen-bond acceptors (Lipinski definition) is 10. The average molecular weight is 542 g/mol. The predicted molar refractivity (Wildman–Crippen MR) is 136 cm³/mol. The number of nitrogen functional groups attached to an aromatic ring is 1. The third-order valence-corrected chi connectivity index (χ3v) is 7.94. The van der Waals surface area contributed by atoms with E-state index in [9.17, 15) is 24.6 Å². The van der Waals surface area contributed by atoms with Crippen molar-refractivity contribution >= 4 is 62.5 Å². The number of nitrogens with one attached hydrogen (secondary N) is 1. The zero-order valence-electron chi connectivity index (χ0n) is 19.3. The number of hydrogen-bond donors (Lipinski definition) is 4. The lowest BCUT2D eigenvalue weighted by molar-refractivity contribution is -0.687. The van der Waals surface area contributed by atoms with Crippen molar-refractivity contribution in [1.82, 2.24) is 15.2 Å². The Bertz CT molecular complexity index is 1500. The molecule has 5 rings (SSSR count). The van der Waals surface area contributed by atoms with Crippen LogP contribution in [0.4, 0.5) is 5.13 Å². The lowest BCUT2D eigenvalue weighted by Crippen LogP contribution is -2.71. The van der Waals surface area contributed by atoms with Crippen LogP contribution in [0.2, 0.25) is 0 Å². The number of rotatable bonds is 7. The number of oxime groups is 1. The van der Waals surface area contributed by atoms with Gasteiger partial charge in [0.05, 0.1) is 5.39 Å². The van der Waals surface area contributed by atoms with E-state index < -0.39 is 29.2 Å². The Morgan fingerprint density at radius 1 is 1.38 bits per heavy atom. The molecule has 190 valence electrons. The topological polar surface area (TPSA) is 171 Å². The molecule has 2 atom stereocenters. The summed E-state index contributed by atoms with van der Waals surface area (Å²) in [5, 5.41) is 29.1. The Balaban J connectivity index is 1.37. The van der Waals surface area contributed by atoms with Gasteiger partial charge in [-0.1, -0.05) is 17.3 Å². The fourth-order valence-corrected chi connectivity index (χ4v) is 6.15. The van der Waals surface area contributed by atoms with E-state index in [-0.39, 0.29) is 34.5 Å². The average Bonchev–Trinajstić information content (AvgIpc) is 3.31. The summed E-state index contributed by atoms with van der Waals surface area (Å²) in [4.78, 5) is 48.1. The molecule has 1 aromatic carbocycles. The number of fused-ring (bicyclic) bond motifs is 2. The third-order valence-electron chi connectivity index (χ3n) is 5.93. The number of aromatic nitrogens is 2. The van der Waals surface area contributed by atoms with Gasteiger partial charge in [0, 0.05) is 22.8 Å². The quantitative estimate of drug-likeness (QED) is 0.145. The number of β-lactam (4-membered cyclic amide) rings is 1. The molecule has 2 aliphatic heterocycles. The van der Waals surface area contributed by atoms with Crippen LogP contribution in [0.25, 0.3) is 10.8 Å². The summed E-state index contributed by atoms with van der Waals surface area (Å²) in [5.41, 5.74) is 6.13. The summed E-state index contributed by atoms with van der Waals surface area (Å²) in [6.45, 7) is 0.211. The first-order valence-corrected chi connectivity index (χ1v) is 12.9. The molecule has 1 fully saturated rings. The van der Waals surface area contributed by atoms with E-state index in [1.165, 1.54) is 23.8 Å². The van der Waals surface area contributed by atoms with Crippen molar-refractivity contribution in [2.45, 2.75) is 18.0 Å². The molecular weight excluding hydrogens is 520 g/mol. The molecule has 2 aromatic heterocycles. The fourth-order valence-electron chi connectivity index (χ4n) is 4.27. The number of pyridine rings is 1. The number of carbonyl (C=O) groups excluding carboxylic acids is 2. The van der Waals surface area contributed by atoms with Gasteiger partial charge in [-0.25, -0.2) is 14.3 Å². The molecule has 0 saturated carbocycles. The van der Waals surface area contributed by atoms with Gasteiger partial charge in [-0.2, -0.15) is 0 Å². The number of phenols is 1. The Morgan fingerprint density at radius 3 is 2.89 bits per heavy atom. The maximum atomic E-state index is 13.0. The van der Waals surface area contributed by atoms with Gasteiger partial charge in [0.2, 0.25) is 0 Å². The first-order valence-electron chi connectivity index (χ1n) is 10.9. The molecule has 12 nitrogen and oxygen atoms in total. The third kappa shape index (κ3) is 4.44. The number of anilines is 1. The highest BCUT2D eigenvalue weighted by Crippen LogP contribution is 2.40. The van der Waals surface area contributed by atoms with Crippen molar-refractivity contribution in [2.24, 2.45) is 5.16 Å². The number of aromatic hydroxyl groups is 1. The maximum Gasteiger partial charge on any atom is 0.352 e. The lowest BCUT2D eigenvalue weighted by Gasteiger charge is -2.49. The van der Waals surface area contributed by atoms with Gasteiger partial charge in [0.25, 0.3) is 11.8 Å². The van der Waals surface area contributed by atoms with Crippen molar-refractivity contribution in [3.05, 3.63) is 59.0 Å². The first kappa shape index (κ1) is 24.5. The summed E-state index contributed by atoms with van der Waals surface area (Å²) >= 11 is 2.47. The summed E-state index contributed by atoms with van der Waals surface area (Å²) in [5.74, 6) is -2.02. The maximum absolute atomic E-state index is 13.0. The number of benzene rings is 1. The second-order valence-corrected chi connectivity index (χ2v) is 10.2. The van der Waals surface area contributed by atoms with Crippen LogP contribution in [-0.4, -0.2) is 67.9 Å². The minimum Gasteiger partial charge on any atom is -0.507 e. The summed E-state index contributed by atoms with van der Waals surface area (Å²) in [7, 11) is 1.27. The molecule has 5 N–H and O–H groups in total. The van der Waals surface area contributed by atoms with Crippen LogP contribution in [0, 0.1) is 0 Å². The highest BCUT2D eigenvalue weighted by atomic mass is 32.2. The molecule has 1 unspecified atom stereocenters. The van der Waals surface area contributed by atoms with Crippen molar-refractivity contribution < 1.29 is 34.0 Å². The summed E-state index contributed by atoms with van der Waals surface area (Å²) in [6.07, 6.45) is 3.52. The van der Waals surface area contributed by atoms with E-state index in [2.05, 4.69) is 15.5 Å². The Hall–Kier alpha value is -4.17. The number of carboxylic acid groups (broad SMARTS) is 1. The molecule has 1 saturated heterocycles. The zero-order valence-corrected chi connectivity index (χ0v) is 21.0. The SMILES string of the molecule is CON=C(C(=O)NC1C(=O)N2C(C(=O)O)=C(C[n+]3ccc4cccc(O)c4c3)CS[C@H]12)c1csc(N)n1. The molecular formula is C23H21N6O6S2+. The predicted octanol–water partition coefficient (Wildman–Crippen LogP) is 0.661. The molecule has 0 bridgehead atoms. The number of carboxylic acids is 1. The largest absolute Gasteiger partial charge is 0.507 e. The van der Waals surface area contributed by atoms with E-state index in [0.717, 1.165) is 16.7 Å². The number of aliphatic carboxylic acids is 1. The molecule has 37 heavy (non-hydrogen) atoms. The number of thioether (sulfide) groups is 1. The normalized spacial score (nSPS) is 19.4. The van der Waals surface area contributed by atoms with Gasteiger partial charge in [0.15, 0.2) is 29.8 Å². The molecule has 0 spiro atoms. The summed E-state index contributed by atoms with van der Waals surface area (Å²) in [6, 6.07) is 6.06. The van der Waals surface area contributed by atoms with Crippen molar-refractivity contribution in [3.8, 4) is 5.75 Å². The van der Waals surface area contributed by atoms with Crippen molar-refractivity contribution in [2.75, 3.05) is 18.6 Å². The molecule has 3 aromatic rings. The van der Waals surface area contributed by atoms with Crippen LogP contribution in [0.5, 0.6) is 5.75 Å². The standard InChI is InChI=1S/C23H20N6O6S2/c1-35-27-16(14-10-37-23(24)25-14)19(31)26-17-20(32)29-18(22(33)34)12(9-36-21(17)29)7-28-6-5-11-3-2-4-15(30)13(11)8-28/h2-6,8,10,17,21H,7,9H2,1H3,(H4,24,25,26,31,33,34)/p+1/t17?,21-/m1/s1. The van der Waals surface area contributed by atoms with Gasteiger partial charge < -0.3 is 26.1 Å². The highest BCUT2D eigenvalue weighted by Gasteiger charge is 2.54. The lowest BCUT2D eigenvalue weighted by atomic mass is 10.0. The van der Waals surface area contributed by atoms with Crippen LogP contribution < -0.4 is 15.6 Å². The van der Waals surface area contributed by atoms with Gasteiger partial charge >= 0.3 is 5.97 Å². The number of phenolic OH excluding ortho intramolecular Hbond substituents is 1. The Morgan fingerprint density at radius 2 is 2.19 bits per heavy atom. The molecule has 0 aliphatic carbocycles. The van der Waals surface area contributed by atoms with Gasteiger partial charge in [-0.05, 0) is 11.5 Å². The highest BCUT2D eigenvalue weighted by molar-refractivity contribution is 8.00. The smallest absolute Gasteiger partial charge is 0.352 e. The van der Waals surface area contributed by atoms with Crippen LogP contribution in [-0.2, 0) is 25.8 Å². The second kappa shape index (κ2) is 9.71. The van der Waals surface area contributed by atoms with Crippen molar-refractivity contribution in [3.63, 3.8) is 0 Å². The fraction of sp³-hybridized carbons (Fsp3) is 0.217. The first-order chi connectivity index (χ1) is 17.8. The zero-order chi connectivity index (χ0) is 26.3. The number of carbonyl (C=O) groups is 3. The number of nitrogens with two attached hydrogens (primary N) is 1. The van der Waals surface area contributed by atoms with E-state index >= 15 is 0 Å². The Labute approximate surface area is 218 Å². The molecule has 4 heterocycles. The van der Waals surface area contributed by atoms with E-state index in [1.807, 2.05) is 12.1 Å². The van der Waals surface area contributed by atoms with Gasteiger partial charge in [-0.15, -0.1) is 23.1 Å². The monoisotopic (exact) mass is 541 g/mol. The molecule has 2 aliphatic rings. The summed E-state index contributed by atoms with van der Waals surface area (Å²) < 4.78 is 1.76. The minimum atomic E-state index is -1.23. The Kier molecular flexibility index (Phi) is 6.43. The molecule has 0 radical (unpaired) electrons. The minimum absolute atomic E-state index is 0.109. The molecule has 2 amide bonds. The van der Waals surface area contributed by atoms with Crippen molar-refractivity contribution in [1.29, 1.82) is 0 Å². The van der Waals surface area contributed by atoms with Crippen LogP contribution in [0.1, 0.15) is 5.69 Å². The van der Waals surface area contributed by atoms with Crippen LogP contribution >= 0.6 is 23.1 Å². The van der Waals surface area contributed by atoms with Crippen LogP contribution in [0.15, 0.2) is 58.5 Å². The van der Waals surface area contributed by atoms with E-state index in [0.29, 0.717) is 16.7 Å². The number of nitrogens with zero attached hydrogens (tertiary/aromatic N) is 4. The van der Waals surface area contributed by atoms with E-state index in [1.54, 1.807) is 34.5 Å².